The van der Waals surface area contributed by atoms with Gasteiger partial charge < -0.3 is 5.32 Å². The van der Waals surface area contributed by atoms with Gasteiger partial charge in [0.1, 0.15) is 0 Å². The van der Waals surface area contributed by atoms with Crippen molar-refractivity contribution in [2.45, 2.75) is 25.7 Å². The topological polar surface area (TPSA) is 78.8 Å². The first-order valence-corrected chi connectivity index (χ1v) is 8.88. The Morgan fingerprint density at radius 3 is 2.20 bits per heavy atom. The van der Waals surface area contributed by atoms with Crippen LogP contribution in [0.4, 0.5) is 0 Å². The third kappa shape index (κ3) is 8.19. The number of benzene rings is 1. The van der Waals surface area contributed by atoms with Crippen LogP contribution < -0.4 is 5.32 Å². The zero-order valence-corrected chi connectivity index (χ0v) is 13.9. The predicted molar refractivity (Wildman–Crippen MR) is 86.2 cm³/mol. The first-order valence-electron chi connectivity index (χ1n) is 6.21. The van der Waals surface area contributed by atoms with Crippen molar-refractivity contribution in [2.24, 2.45) is 4.99 Å². The fraction of sp³-hybridized carbons (Fsp3) is 0.462. The van der Waals surface area contributed by atoms with E-state index in [0.717, 1.165) is 23.8 Å². The minimum atomic E-state index is -4.02. The molecule has 0 radical (unpaired) electrons. The molecule has 2 N–H and O–H groups in total. The fourth-order valence-electron chi connectivity index (χ4n) is 1.20. The molecule has 0 bridgehead atoms. The third-order valence-electron chi connectivity index (χ3n) is 2.14. The SMILES string of the molecule is CCN=C(NCC)SC.Cc1ccc(S(=O)(=O)O)cc1. The van der Waals surface area contributed by atoms with Gasteiger partial charge in [-0.25, -0.2) is 0 Å². The molecule has 5 nitrogen and oxygen atoms in total. The molecule has 0 heterocycles. The first kappa shape index (κ1) is 18.9. The summed E-state index contributed by atoms with van der Waals surface area (Å²) >= 11 is 1.66. The zero-order valence-electron chi connectivity index (χ0n) is 12.3. The molecule has 0 saturated carbocycles. The van der Waals surface area contributed by atoms with E-state index in [-0.39, 0.29) is 4.90 Å². The van der Waals surface area contributed by atoms with Crippen molar-refractivity contribution in [2.75, 3.05) is 19.3 Å². The summed E-state index contributed by atoms with van der Waals surface area (Å²) < 4.78 is 29.6. The van der Waals surface area contributed by atoms with Gasteiger partial charge in [0, 0.05) is 13.1 Å². The maximum atomic E-state index is 10.5. The van der Waals surface area contributed by atoms with Crippen molar-refractivity contribution < 1.29 is 13.0 Å². The second kappa shape index (κ2) is 9.79. The quantitative estimate of drug-likeness (QED) is 0.509. The summed E-state index contributed by atoms with van der Waals surface area (Å²) in [7, 11) is -4.02. The average molecular weight is 318 g/mol. The average Bonchev–Trinajstić information content (AvgIpc) is 2.38. The number of rotatable bonds is 3. The highest BCUT2D eigenvalue weighted by Gasteiger charge is 2.06. The number of nitrogens with one attached hydrogen (secondary N) is 1. The van der Waals surface area contributed by atoms with E-state index in [2.05, 4.69) is 17.2 Å². The Morgan fingerprint density at radius 1 is 1.30 bits per heavy atom. The van der Waals surface area contributed by atoms with Crippen molar-refractivity contribution in [1.29, 1.82) is 0 Å². The fourth-order valence-corrected chi connectivity index (χ4v) is 2.22. The summed E-state index contributed by atoms with van der Waals surface area (Å²) in [6, 6.07) is 5.99. The van der Waals surface area contributed by atoms with Gasteiger partial charge in [0.2, 0.25) is 0 Å². The highest BCUT2D eigenvalue weighted by molar-refractivity contribution is 8.13. The van der Waals surface area contributed by atoms with Gasteiger partial charge in [-0.2, -0.15) is 8.42 Å². The highest BCUT2D eigenvalue weighted by atomic mass is 32.2. The lowest BCUT2D eigenvalue weighted by molar-refractivity contribution is 0.483. The van der Waals surface area contributed by atoms with Gasteiger partial charge in [-0.05, 0) is 39.2 Å². The van der Waals surface area contributed by atoms with E-state index in [9.17, 15) is 8.42 Å². The van der Waals surface area contributed by atoms with Crippen molar-refractivity contribution in [3.8, 4) is 0 Å². The lowest BCUT2D eigenvalue weighted by Crippen LogP contribution is -2.19. The van der Waals surface area contributed by atoms with Gasteiger partial charge in [-0.15, -0.1) is 0 Å². The van der Waals surface area contributed by atoms with E-state index in [1.165, 1.54) is 12.1 Å². The normalized spacial score (nSPS) is 11.6. The molecule has 0 unspecified atom stereocenters. The number of hydrogen-bond acceptors (Lipinski definition) is 4. The molecule has 1 aromatic rings. The molecule has 1 aromatic carbocycles. The summed E-state index contributed by atoms with van der Waals surface area (Å²) in [4.78, 5) is 4.13. The second-order valence-corrected chi connectivity index (χ2v) is 6.02. The summed E-state index contributed by atoms with van der Waals surface area (Å²) in [5, 5.41) is 4.19. The monoisotopic (exact) mass is 318 g/mol. The molecule has 0 saturated heterocycles. The second-order valence-electron chi connectivity index (χ2n) is 3.80. The Bertz CT molecular complexity index is 511. The van der Waals surface area contributed by atoms with E-state index < -0.39 is 10.1 Å². The van der Waals surface area contributed by atoms with Crippen molar-refractivity contribution in [3.05, 3.63) is 29.8 Å². The molecule has 0 aliphatic carbocycles. The van der Waals surface area contributed by atoms with Gasteiger partial charge in [-0.3, -0.25) is 9.55 Å². The summed E-state index contributed by atoms with van der Waals surface area (Å²) in [6.07, 6.45) is 2.02. The summed E-state index contributed by atoms with van der Waals surface area (Å²) in [5.41, 5.74) is 0.956. The summed E-state index contributed by atoms with van der Waals surface area (Å²) in [5.74, 6) is 0. The highest BCUT2D eigenvalue weighted by Crippen LogP contribution is 2.08. The minimum Gasteiger partial charge on any atom is -0.365 e. The van der Waals surface area contributed by atoms with Gasteiger partial charge in [-0.1, -0.05) is 29.5 Å². The van der Waals surface area contributed by atoms with Crippen LogP contribution in [0.3, 0.4) is 0 Å². The van der Waals surface area contributed by atoms with E-state index in [1.807, 2.05) is 20.1 Å². The molecule has 0 aliphatic rings. The lowest BCUT2D eigenvalue weighted by Gasteiger charge is -2.01. The van der Waals surface area contributed by atoms with Crippen LogP contribution in [-0.4, -0.2) is 37.5 Å². The molecule has 20 heavy (non-hydrogen) atoms. The van der Waals surface area contributed by atoms with Crippen LogP contribution >= 0.6 is 11.8 Å². The maximum absolute atomic E-state index is 10.5. The molecular weight excluding hydrogens is 296 g/mol. The van der Waals surface area contributed by atoms with E-state index in [1.54, 1.807) is 23.9 Å². The van der Waals surface area contributed by atoms with Gasteiger partial charge in [0.15, 0.2) is 5.17 Å². The Balaban J connectivity index is 0.000000370. The Labute approximate surface area is 125 Å². The molecule has 0 spiro atoms. The first-order chi connectivity index (χ1) is 9.35. The molecule has 0 atom stereocenters. The van der Waals surface area contributed by atoms with Crippen molar-refractivity contribution >= 4 is 27.0 Å². The number of aryl methyl sites for hydroxylation is 1. The Morgan fingerprint density at radius 2 is 1.85 bits per heavy atom. The number of nitrogens with zero attached hydrogens (tertiary/aromatic N) is 1. The van der Waals surface area contributed by atoms with Crippen LogP contribution in [-0.2, 0) is 10.1 Å². The number of hydrogen-bond donors (Lipinski definition) is 2. The predicted octanol–water partition coefficient (Wildman–Crippen LogP) is 2.58. The Hall–Kier alpha value is -1.05. The molecule has 0 aromatic heterocycles. The van der Waals surface area contributed by atoms with Gasteiger partial charge >= 0.3 is 0 Å². The molecule has 7 heteroatoms. The lowest BCUT2D eigenvalue weighted by atomic mass is 10.2. The van der Waals surface area contributed by atoms with E-state index in [0.29, 0.717) is 0 Å². The number of aliphatic imine (C=N–C) groups is 1. The molecule has 114 valence electrons. The molecule has 0 fully saturated rings. The van der Waals surface area contributed by atoms with Crippen LogP contribution in [0, 0.1) is 6.92 Å². The van der Waals surface area contributed by atoms with Gasteiger partial charge in [0.05, 0.1) is 4.90 Å². The smallest absolute Gasteiger partial charge is 0.294 e. The maximum Gasteiger partial charge on any atom is 0.294 e. The van der Waals surface area contributed by atoms with Crippen LogP contribution in [0.25, 0.3) is 0 Å². The standard InChI is InChI=1S/C7H8O3S.C6H14N2S/c1-6-2-4-7(5-3-6)11(8,9)10;1-4-7-6(9-3)8-5-2/h2-5H,1H3,(H,8,9,10);4-5H2,1-3H3,(H,7,8). The van der Waals surface area contributed by atoms with Crippen LogP contribution in [0.5, 0.6) is 0 Å². The third-order valence-corrected chi connectivity index (χ3v) is 3.67. The zero-order chi connectivity index (χ0) is 15.6. The number of thioether (sulfide) groups is 1. The molecule has 1 rings (SSSR count). The van der Waals surface area contributed by atoms with Crippen LogP contribution in [0.15, 0.2) is 34.2 Å². The Kier molecular flexibility index (Phi) is 9.28. The summed E-state index contributed by atoms with van der Waals surface area (Å²) in [6.45, 7) is 7.77. The van der Waals surface area contributed by atoms with Crippen molar-refractivity contribution in [3.63, 3.8) is 0 Å². The molecular formula is C13H22N2O3S2. The van der Waals surface area contributed by atoms with Crippen molar-refractivity contribution in [1.82, 2.24) is 5.32 Å². The van der Waals surface area contributed by atoms with Crippen LogP contribution in [0.1, 0.15) is 19.4 Å². The molecule has 0 amide bonds. The van der Waals surface area contributed by atoms with E-state index in [4.69, 9.17) is 4.55 Å². The van der Waals surface area contributed by atoms with Gasteiger partial charge in [0.25, 0.3) is 10.1 Å². The van der Waals surface area contributed by atoms with E-state index >= 15 is 0 Å². The number of amidine groups is 1. The minimum absolute atomic E-state index is 0.0666. The largest absolute Gasteiger partial charge is 0.365 e. The van der Waals surface area contributed by atoms with Crippen LogP contribution in [0.2, 0.25) is 0 Å². The molecule has 0 aliphatic heterocycles.